The standard InChI is InChI=1S/C25H31N3O8S/c1-16-6-8-20-18(11-16)5-4-10-25(20,35-3)15-36-22-9-7-19(13-21(22)28(32)33)24(31)27-37(26,34)14-17(2)12-23(29)30/h6-9,11,13,17H,4-5,10,12,14-15H2,1-3H3,(H,29,30)(H2,26,27,31,34)/t17-,25-,37?/m0/s1. The van der Waals surface area contributed by atoms with Crippen molar-refractivity contribution in [3.8, 4) is 5.75 Å². The minimum absolute atomic E-state index is 0.0240. The molecule has 2 aromatic carbocycles. The van der Waals surface area contributed by atoms with E-state index in [2.05, 4.69) is 10.4 Å². The number of carbonyl (C=O) groups excluding carboxylic acids is 1. The van der Waals surface area contributed by atoms with Crippen molar-refractivity contribution < 1.29 is 33.3 Å². The van der Waals surface area contributed by atoms with E-state index < -0.39 is 43.9 Å². The maximum absolute atomic E-state index is 12.6. The topological polar surface area (TPSA) is 171 Å². The van der Waals surface area contributed by atoms with Crippen LogP contribution in [0.4, 0.5) is 5.69 Å². The van der Waals surface area contributed by atoms with Gasteiger partial charge in [-0.3, -0.25) is 19.7 Å². The number of methoxy groups -OCH3 is 1. The lowest BCUT2D eigenvalue weighted by atomic mass is 9.79. The van der Waals surface area contributed by atoms with Gasteiger partial charge >= 0.3 is 11.7 Å². The molecule has 0 saturated heterocycles. The summed E-state index contributed by atoms with van der Waals surface area (Å²) in [4.78, 5) is 34.5. The average molecular weight is 534 g/mol. The Kier molecular flexibility index (Phi) is 8.67. The third-order valence-electron chi connectivity index (χ3n) is 6.32. The summed E-state index contributed by atoms with van der Waals surface area (Å²) in [7, 11) is -1.96. The van der Waals surface area contributed by atoms with E-state index in [1.807, 2.05) is 19.1 Å². The SMILES string of the molecule is CO[C@]1(COc2ccc(C(=O)N=S(N)(=O)C[C@@H](C)CC(=O)O)cc2[N+](=O)[O-])CCCc2cc(C)ccc21. The number of nitro benzene ring substituents is 1. The summed E-state index contributed by atoms with van der Waals surface area (Å²) >= 11 is 0. The molecule has 37 heavy (non-hydrogen) atoms. The Morgan fingerprint density at radius 2 is 2.03 bits per heavy atom. The summed E-state index contributed by atoms with van der Waals surface area (Å²) in [5, 5.41) is 26.3. The number of rotatable bonds is 10. The summed E-state index contributed by atoms with van der Waals surface area (Å²) in [6.07, 6.45) is 2.16. The Hall–Kier alpha value is -3.35. The zero-order chi connectivity index (χ0) is 27.4. The molecule has 1 unspecified atom stereocenters. The smallest absolute Gasteiger partial charge is 0.311 e. The predicted octanol–water partition coefficient (Wildman–Crippen LogP) is 3.75. The number of amides is 1. The number of ether oxygens (including phenoxy) is 2. The number of hydrogen-bond donors (Lipinski definition) is 2. The molecule has 0 aromatic heterocycles. The molecule has 1 aliphatic carbocycles. The van der Waals surface area contributed by atoms with Crippen molar-refractivity contribution in [3.05, 3.63) is 68.8 Å². The fraction of sp³-hybridized carbons (Fsp3) is 0.440. The second-order valence-electron chi connectivity index (χ2n) is 9.40. The van der Waals surface area contributed by atoms with E-state index in [1.54, 1.807) is 7.11 Å². The first-order chi connectivity index (χ1) is 17.4. The molecular weight excluding hydrogens is 502 g/mol. The van der Waals surface area contributed by atoms with Crippen LogP contribution in [0.5, 0.6) is 5.75 Å². The van der Waals surface area contributed by atoms with Crippen molar-refractivity contribution in [1.29, 1.82) is 0 Å². The molecule has 0 radical (unpaired) electrons. The lowest BCUT2D eigenvalue weighted by molar-refractivity contribution is -0.386. The lowest BCUT2D eigenvalue weighted by Gasteiger charge is -2.37. The second kappa shape index (κ2) is 11.4. The first kappa shape index (κ1) is 28.2. The first-order valence-corrected chi connectivity index (χ1v) is 13.5. The van der Waals surface area contributed by atoms with E-state index in [9.17, 15) is 23.9 Å². The summed E-state index contributed by atoms with van der Waals surface area (Å²) in [6.45, 7) is 3.56. The minimum atomic E-state index is -3.54. The summed E-state index contributed by atoms with van der Waals surface area (Å²) < 4.78 is 27.9. The van der Waals surface area contributed by atoms with Gasteiger partial charge in [-0.25, -0.2) is 9.35 Å². The molecule has 3 rings (SSSR count). The molecule has 0 saturated carbocycles. The molecule has 3 N–H and O–H groups in total. The molecule has 200 valence electrons. The fourth-order valence-corrected chi connectivity index (χ4v) is 5.99. The number of carboxylic acids is 1. The van der Waals surface area contributed by atoms with Gasteiger partial charge in [-0.05, 0) is 55.4 Å². The second-order valence-corrected chi connectivity index (χ2v) is 11.3. The highest BCUT2D eigenvalue weighted by Crippen LogP contribution is 2.40. The van der Waals surface area contributed by atoms with Crippen LogP contribution in [0.15, 0.2) is 40.8 Å². The zero-order valence-corrected chi connectivity index (χ0v) is 21.8. The first-order valence-electron chi connectivity index (χ1n) is 11.7. The minimum Gasteiger partial charge on any atom is -0.483 e. The zero-order valence-electron chi connectivity index (χ0n) is 21.0. The van der Waals surface area contributed by atoms with E-state index in [0.29, 0.717) is 6.42 Å². The van der Waals surface area contributed by atoms with Gasteiger partial charge in [-0.1, -0.05) is 30.7 Å². The lowest BCUT2D eigenvalue weighted by Crippen LogP contribution is -2.39. The van der Waals surface area contributed by atoms with E-state index in [-0.39, 0.29) is 30.1 Å². The van der Waals surface area contributed by atoms with Gasteiger partial charge < -0.3 is 14.6 Å². The predicted molar refractivity (Wildman–Crippen MR) is 137 cm³/mol. The molecule has 0 spiro atoms. The number of nitro groups is 1. The number of benzene rings is 2. The van der Waals surface area contributed by atoms with Crippen LogP contribution >= 0.6 is 0 Å². The normalized spacial score (nSPS) is 19.2. The van der Waals surface area contributed by atoms with Crippen molar-refractivity contribution in [2.24, 2.45) is 15.4 Å². The molecule has 3 atom stereocenters. The number of aliphatic carboxylic acids is 1. The van der Waals surface area contributed by atoms with E-state index in [4.69, 9.17) is 19.7 Å². The quantitative estimate of drug-likeness (QED) is 0.343. The van der Waals surface area contributed by atoms with E-state index in [0.717, 1.165) is 35.6 Å². The molecule has 0 fully saturated rings. The van der Waals surface area contributed by atoms with Crippen molar-refractivity contribution >= 4 is 27.5 Å². The van der Waals surface area contributed by atoms with Gasteiger partial charge in [0, 0.05) is 30.9 Å². The van der Waals surface area contributed by atoms with Crippen molar-refractivity contribution in [3.63, 3.8) is 0 Å². The van der Waals surface area contributed by atoms with E-state index >= 15 is 0 Å². The molecule has 0 aliphatic heterocycles. The fourth-order valence-electron chi connectivity index (χ4n) is 4.60. The van der Waals surface area contributed by atoms with Gasteiger partial charge in [0.2, 0.25) is 0 Å². The number of aryl methyl sites for hydroxylation is 2. The third kappa shape index (κ3) is 6.90. The van der Waals surface area contributed by atoms with Gasteiger partial charge in [0.05, 0.1) is 4.92 Å². The number of fused-ring (bicyclic) bond motifs is 1. The number of carboxylic acid groups (broad SMARTS) is 1. The maximum Gasteiger partial charge on any atom is 0.311 e. The third-order valence-corrected chi connectivity index (χ3v) is 7.84. The Morgan fingerprint density at radius 1 is 1.30 bits per heavy atom. The highest BCUT2D eigenvalue weighted by Gasteiger charge is 2.38. The Bertz CT molecular complexity index is 1340. The van der Waals surface area contributed by atoms with Crippen LogP contribution in [0, 0.1) is 23.0 Å². The Balaban J connectivity index is 1.85. The number of nitrogens with zero attached hydrogens (tertiary/aromatic N) is 2. The number of carbonyl (C=O) groups is 2. The van der Waals surface area contributed by atoms with Crippen LogP contribution in [0.25, 0.3) is 0 Å². The van der Waals surface area contributed by atoms with Crippen LogP contribution in [0.1, 0.15) is 53.2 Å². The summed E-state index contributed by atoms with van der Waals surface area (Å²) in [5.41, 5.74) is 1.83. The molecule has 2 aromatic rings. The highest BCUT2D eigenvalue weighted by molar-refractivity contribution is 7.91. The van der Waals surface area contributed by atoms with Crippen LogP contribution in [-0.4, -0.2) is 45.6 Å². The van der Waals surface area contributed by atoms with Crippen molar-refractivity contribution in [1.82, 2.24) is 0 Å². The molecule has 1 amide bonds. The maximum atomic E-state index is 12.6. The van der Waals surface area contributed by atoms with Crippen LogP contribution in [-0.2, 0) is 31.5 Å². The van der Waals surface area contributed by atoms with Crippen LogP contribution in [0.3, 0.4) is 0 Å². The van der Waals surface area contributed by atoms with Crippen LogP contribution in [0.2, 0.25) is 0 Å². The number of hydrogen-bond acceptors (Lipinski definition) is 7. The van der Waals surface area contributed by atoms with Crippen molar-refractivity contribution in [2.75, 3.05) is 19.5 Å². The van der Waals surface area contributed by atoms with E-state index in [1.165, 1.54) is 19.1 Å². The van der Waals surface area contributed by atoms with Gasteiger partial charge in [-0.15, -0.1) is 4.36 Å². The van der Waals surface area contributed by atoms with Gasteiger partial charge in [0.1, 0.15) is 22.1 Å². The molecular formula is C25H31N3O8S. The average Bonchev–Trinajstić information content (AvgIpc) is 2.80. The monoisotopic (exact) mass is 533 g/mol. The summed E-state index contributed by atoms with van der Waals surface area (Å²) in [6, 6.07) is 9.65. The van der Waals surface area contributed by atoms with Crippen molar-refractivity contribution in [2.45, 2.75) is 45.1 Å². The van der Waals surface area contributed by atoms with Crippen LogP contribution < -0.4 is 9.88 Å². The molecule has 0 heterocycles. The highest BCUT2D eigenvalue weighted by atomic mass is 32.2. The Labute approximate surface area is 215 Å². The number of nitrogens with two attached hydrogens (primary N) is 1. The largest absolute Gasteiger partial charge is 0.483 e. The molecule has 11 nitrogen and oxygen atoms in total. The molecule has 1 aliphatic rings. The Morgan fingerprint density at radius 3 is 2.68 bits per heavy atom. The summed E-state index contributed by atoms with van der Waals surface area (Å²) in [5.74, 6) is -3.05. The van der Waals surface area contributed by atoms with Gasteiger partial charge in [-0.2, -0.15) is 0 Å². The molecule has 12 heteroatoms. The molecule has 0 bridgehead atoms. The van der Waals surface area contributed by atoms with Gasteiger partial charge in [0.25, 0.3) is 5.91 Å². The van der Waals surface area contributed by atoms with Gasteiger partial charge in [0.15, 0.2) is 5.75 Å².